The van der Waals surface area contributed by atoms with Crippen LogP contribution in [-0.4, -0.2) is 6.54 Å². The molecule has 1 unspecified atom stereocenters. The van der Waals surface area contributed by atoms with Gasteiger partial charge in [0.25, 0.3) is 0 Å². The van der Waals surface area contributed by atoms with E-state index in [4.69, 9.17) is 4.74 Å². The lowest BCUT2D eigenvalue weighted by atomic mass is 10.2. The third-order valence-electron chi connectivity index (χ3n) is 2.55. The molecule has 1 N–H and O–H groups in total. The van der Waals surface area contributed by atoms with Crippen LogP contribution in [0.2, 0.25) is 0 Å². The monoisotopic (exact) mass is 235 g/mol. The minimum absolute atomic E-state index is 0.0259. The Labute approximate surface area is 96.7 Å². The second kappa shape index (κ2) is 3.79. The van der Waals surface area contributed by atoms with E-state index in [9.17, 15) is 4.39 Å². The van der Waals surface area contributed by atoms with E-state index in [1.807, 2.05) is 17.5 Å². The van der Waals surface area contributed by atoms with Crippen LogP contribution in [0.15, 0.2) is 35.7 Å². The predicted octanol–water partition coefficient (Wildman–Crippen LogP) is 3.43. The zero-order valence-corrected chi connectivity index (χ0v) is 9.26. The lowest BCUT2D eigenvalue weighted by molar-refractivity contribution is 0.214. The van der Waals surface area contributed by atoms with E-state index in [-0.39, 0.29) is 11.9 Å². The van der Waals surface area contributed by atoms with Gasteiger partial charge in [0.2, 0.25) is 0 Å². The van der Waals surface area contributed by atoms with Gasteiger partial charge in [-0.3, -0.25) is 0 Å². The van der Waals surface area contributed by atoms with Gasteiger partial charge in [0.1, 0.15) is 11.6 Å². The fourth-order valence-corrected chi connectivity index (χ4v) is 2.53. The molecule has 0 amide bonds. The Balaban J connectivity index is 1.89. The standard InChI is InChI=1S/C12H10FNOS/c13-8-3-4-10-9(6-8)14-7-11(15-10)12-2-1-5-16-12/h1-6,11,14H,7H2. The summed E-state index contributed by atoms with van der Waals surface area (Å²) >= 11 is 1.67. The molecule has 0 saturated carbocycles. The maximum absolute atomic E-state index is 13.0. The van der Waals surface area contributed by atoms with Crippen LogP contribution in [0.25, 0.3) is 0 Å². The van der Waals surface area contributed by atoms with Gasteiger partial charge in [-0.1, -0.05) is 6.07 Å². The number of halogens is 1. The predicted molar refractivity (Wildman–Crippen MR) is 62.6 cm³/mol. The highest BCUT2D eigenvalue weighted by molar-refractivity contribution is 7.10. The van der Waals surface area contributed by atoms with Crippen LogP contribution in [0.3, 0.4) is 0 Å². The van der Waals surface area contributed by atoms with Crippen LogP contribution in [0.5, 0.6) is 5.75 Å². The van der Waals surface area contributed by atoms with Crippen LogP contribution in [0.4, 0.5) is 10.1 Å². The Kier molecular flexibility index (Phi) is 2.29. The van der Waals surface area contributed by atoms with Gasteiger partial charge in [-0.05, 0) is 23.6 Å². The van der Waals surface area contributed by atoms with Crippen LogP contribution in [-0.2, 0) is 0 Å². The van der Waals surface area contributed by atoms with Crippen LogP contribution < -0.4 is 10.1 Å². The van der Waals surface area contributed by atoms with Crippen molar-refractivity contribution in [3.8, 4) is 5.75 Å². The van der Waals surface area contributed by atoms with E-state index in [1.54, 1.807) is 17.4 Å². The van der Waals surface area contributed by atoms with Gasteiger partial charge in [0, 0.05) is 10.9 Å². The number of hydrogen-bond acceptors (Lipinski definition) is 3. The smallest absolute Gasteiger partial charge is 0.150 e. The highest BCUT2D eigenvalue weighted by atomic mass is 32.1. The maximum atomic E-state index is 13.0. The number of thiophene rings is 1. The van der Waals surface area contributed by atoms with E-state index in [2.05, 4.69) is 5.32 Å². The first kappa shape index (κ1) is 9.66. The highest BCUT2D eigenvalue weighted by Gasteiger charge is 2.21. The molecule has 1 aliphatic heterocycles. The minimum atomic E-state index is -0.246. The molecule has 0 radical (unpaired) electrons. The molecule has 3 rings (SSSR count). The molecule has 1 aromatic heterocycles. The topological polar surface area (TPSA) is 21.3 Å². The van der Waals surface area contributed by atoms with Crippen molar-refractivity contribution in [1.29, 1.82) is 0 Å². The third-order valence-corrected chi connectivity index (χ3v) is 3.51. The molecular weight excluding hydrogens is 225 g/mol. The van der Waals surface area contributed by atoms with Gasteiger partial charge in [-0.25, -0.2) is 4.39 Å². The number of benzene rings is 1. The molecule has 0 bridgehead atoms. The second-order valence-electron chi connectivity index (χ2n) is 3.64. The molecule has 16 heavy (non-hydrogen) atoms. The number of nitrogens with one attached hydrogen (secondary N) is 1. The van der Waals surface area contributed by atoms with E-state index in [0.717, 1.165) is 5.69 Å². The average molecular weight is 235 g/mol. The zero-order chi connectivity index (χ0) is 11.0. The number of fused-ring (bicyclic) bond motifs is 1. The molecule has 2 heterocycles. The van der Waals surface area contributed by atoms with Crippen LogP contribution >= 0.6 is 11.3 Å². The molecule has 82 valence electrons. The summed E-state index contributed by atoms with van der Waals surface area (Å²) < 4.78 is 18.8. The second-order valence-corrected chi connectivity index (χ2v) is 4.62. The van der Waals surface area contributed by atoms with Crippen molar-refractivity contribution < 1.29 is 9.13 Å². The Bertz CT molecular complexity index is 498. The molecular formula is C12H10FNOS. The SMILES string of the molecule is Fc1ccc2c(c1)NCC(c1cccs1)O2. The van der Waals surface area contributed by atoms with Crippen molar-refractivity contribution >= 4 is 17.0 Å². The summed E-state index contributed by atoms with van der Waals surface area (Å²) in [5, 5.41) is 5.21. The van der Waals surface area contributed by atoms with Gasteiger partial charge in [-0.2, -0.15) is 0 Å². The number of anilines is 1. The Morgan fingerprint density at radius 1 is 1.38 bits per heavy atom. The summed E-state index contributed by atoms with van der Waals surface area (Å²) in [4.78, 5) is 1.18. The Morgan fingerprint density at radius 2 is 2.31 bits per heavy atom. The summed E-state index contributed by atoms with van der Waals surface area (Å²) in [5.41, 5.74) is 0.729. The average Bonchev–Trinajstić information content (AvgIpc) is 2.82. The van der Waals surface area contributed by atoms with Gasteiger partial charge in [0.15, 0.2) is 6.10 Å². The number of hydrogen-bond donors (Lipinski definition) is 1. The maximum Gasteiger partial charge on any atom is 0.150 e. The largest absolute Gasteiger partial charge is 0.481 e. The van der Waals surface area contributed by atoms with Crippen LogP contribution in [0, 0.1) is 5.82 Å². The molecule has 0 saturated heterocycles. The van der Waals surface area contributed by atoms with Gasteiger partial charge >= 0.3 is 0 Å². The fraction of sp³-hybridized carbons (Fsp3) is 0.167. The molecule has 1 atom stereocenters. The van der Waals surface area contributed by atoms with Crippen molar-refractivity contribution in [2.24, 2.45) is 0 Å². The summed E-state index contributed by atoms with van der Waals surface area (Å²) in [6.45, 7) is 0.678. The lowest BCUT2D eigenvalue weighted by Crippen LogP contribution is -2.22. The minimum Gasteiger partial charge on any atom is -0.481 e. The van der Waals surface area contributed by atoms with E-state index in [0.29, 0.717) is 12.3 Å². The van der Waals surface area contributed by atoms with Gasteiger partial charge in [0.05, 0.1) is 12.2 Å². The molecule has 1 aromatic carbocycles. The number of rotatable bonds is 1. The van der Waals surface area contributed by atoms with Gasteiger partial charge < -0.3 is 10.1 Å². The van der Waals surface area contributed by atoms with Crippen molar-refractivity contribution in [3.63, 3.8) is 0 Å². The first-order valence-corrected chi connectivity index (χ1v) is 5.94. The van der Waals surface area contributed by atoms with Crippen molar-refractivity contribution in [2.45, 2.75) is 6.10 Å². The Morgan fingerprint density at radius 3 is 3.12 bits per heavy atom. The van der Waals surface area contributed by atoms with Crippen LogP contribution in [0.1, 0.15) is 11.0 Å². The fourth-order valence-electron chi connectivity index (χ4n) is 1.77. The Hall–Kier alpha value is -1.55. The molecule has 4 heteroatoms. The van der Waals surface area contributed by atoms with Crippen molar-refractivity contribution in [2.75, 3.05) is 11.9 Å². The first-order valence-electron chi connectivity index (χ1n) is 5.06. The summed E-state index contributed by atoms with van der Waals surface area (Å²) in [7, 11) is 0. The summed E-state index contributed by atoms with van der Waals surface area (Å²) in [6.07, 6.45) is 0.0259. The first-order chi connectivity index (χ1) is 7.83. The van der Waals surface area contributed by atoms with Crippen molar-refractivity contribution in [1.82, 2.24) is 0 Å². The zero-order valence-electron chi connectivity index (χ0n) is 8.44. The molecule has 0 fully saturated rings. The number of ether oxygens (including phenoxy) is 1. The third kappa shape index (κ3) is 1.65. The summed E-state index contributed by atoms with van der Waals surface area (Å²) in [6, 6.07) is 8.59. The van der Waals surface area contributed by atoms with E-state index >= 15 is 0 Å². The quantitative estimate of drug-likeness (QED) is 0.817. The van der Waals surface area contributed by atoms with Gasteiger partial charge in [-0.15, -0.1) is 11.3 Å². The summed E-state index contributed by atoms with van der Waals surface area (Å²) in [5.74, 6) is 0.468. The molecule has 1 aliphatic rings. The molecule has 0 spiro atoms. The highest BCUT2D eigenvalue weighted by Crippen LogP contribution is 2.35. The molecule has 2 aromatic rings. The molecule has 2 nitrogen and oxygen atoms in total. The van der Waals surface area contributed by atoms with E-state index in [1.165, 1.54) is 17.0 Å². The normalized spacial score (nSPS) is 18.4. The lowest BCUT2D eigenvalue weighted by Gasteiger charge is -2.26. The molecule has 0 aliphatic carbocycles. The van der Waals surface area contributed by atoms with E-state index < -0.39 is 0 Å². The van der Waals surface area contributed by atoms with Crippen molar-refractivity contribution in [3.05, 3.63) is 46.4 Å².